The zero-order valence-electron chi connectivity index (χ0n) is 8.65. The largest absolute Gasteiger partial charge is 0.469 e. The highest BCUT2D eigenvalue weighted by Crippen LogP contribution is 2.08. The molecular weight excluding hydrogens is 208 g/mol. The van der Waals surface area contributed by atoms with E-state index in [1.807, 2.05) is 6.92 Å². The Bertz CT molecular complexity index is 269. The molecule has 0 aromatic carbocycles. The Labute approximate surface area is 84.5 Å². The maximum atomic E-state index is 10.8. The van der Waals surface area contributed by atoms with Crippen LogP contribution in [0.15, 0.2) is 0 Å². The molecule has 0 radical (unpaired) electrons. The Morgan fingerprint density at radius 1 is 1.43 bits per heavy atom. The lowest BCUT2D eigenvalue weighted by atomic mass is 10.1. The van der Waals surface area contributed by atoms with E-state index in [0.717, 1.165) is 6.26 Å². The van der Waals surface area contributed by atoms with Gasteiger partial charge in [-0.25, -0.2) is 0 Å². The van der Waals surface area contributed by atoms with Gasteiger partial charge >= 0.3 is 5.97 Å². The van der Waals surface area contributed by atoms with E-state index in [9.17, 15) is 13.2 Å². The summed E-state index contributed by atoms with van der Waals surface area (Å²) in [6.45, 7) is 1.94. The van der Waals surface area contributed by atoms with Crippen molar-refractivity contribution in [3.05, 3.63) is 0 Å². The number of ether oxygens (including phenoxy) is 1. The molecule has 0 fully saturated rings. The first-order valence-electron chi connectivity index (χ1n) is 4.26. The minimum Gasteiger partial charge on any atom is -0.469 e. The molecule has 0 saturated carbocycles. The topological polar surface area (TPSA) is 69.7 Å². The molecule has 0 spiro atoms. The van der Waals surface area contributed by atoms with Crippen molar-refractivity contribution < 1.29 is 22.1 Å². The fourth-order valence-corrected chi connectivity index (χ4v) is 1.27. The molecule has 0 heterocycles. The third kappa shape index (κ3) is 8.00. The van der Waals surface area contributed by atoms with E-state index >= 15 is 0 Å². The summed E-state index contributed by atoms with van der Waals surface area (Å²) < 4.78 is 30.2. The molecule has 0 amide bonds. The number of carbonyl (C=O) groups excluding carboxylic acids is 1. The van der Waals surface area contributed by atoms with Gasteiger partial charge in [-0.2, -0.15) is 8.42 Å². The van der Waals surface area contributed by atoms with Gasteiger partial charge < -0.3 is 4.74 Å². The number of methoxy groups -OCH3 is 1. The van der Waals surface area contributed by atoms with E-state index in [1.165, 1.54) is 7.11 Å². The van der Waals surface area contributed by atoms with Crippen LogP contribution >= 0.6 is 0 Å². The van der Waals surface area contributed by atoms with E-state index in [4.69, 9.17) is 0 Å². The van der Waals surface area contributed by atoms with Gasteiger partial charge in [-0.15, -0.1) is 0 Å². The van der Waals surface area contributed by atoms with Gasteiger partial charge in [0.1, 0.15) is 0 Å². The van der Waals surface area contributed by atoms with Crippen LogP contribution in [0, 0.1) is 5.92 Å². The van der Waals surface area contributed by atoms with Crippen molar-refractivity contribution in [3.8, 4) is 0 Å². The molecule has 0 aliphatic carbocycles. The molecule has 14 heavy (non-hydrogen) atoms. The molecule has 0 rings (SSSR count). The Hall–Kier alpha value is -0.620. The minimum atomic E-state index is -3.37. The van der Waals surface area contributed by atoms with Gasteiger partial charge in [0.15, 0.2) is 0 Å². The maximum absolute atomic E-state index is 10.8. The highest BCUT2D eigenvalue weighted by molar-refractivity contribution is 7.85. The van der Waals surface area contributed by atoms with Crippen LogP contribution in [0.4, 0.5) is 0 Å². The molecule has 84 valence electrons. The number of esters is 1. The van der Waals surface area contributed by atoms with Gasteiger partial charge in [-0.3, -0.25) is 8.98 Å². The second kappa shape index (κ2) is 5.98. The van der Waals surface area contributed by atoms with Crippen molar-refractivity contribution in [1.82, 2.24) is 0 Å². The molecule has 6 heteroatoms. The van der Waals surface area contributed by atoms with E-state index in [2.05, 4.69) is 8.92 Å². The molecule has 0 aliphatic heterocycles. The van der Waals surface area contributed by atoms with Crippen molar-refractivity contribution in [2.24, 2.45) is 5.92 Å². The third-order valence-electron chi connectivity index (χ3n) is 1.65. The van der Waals surface area contributed by atoms with Crippen LogP contribution in [0.2, 0.25) is 0 Å². The molecule has 1 atom stereocenters. The second-order valence-electron chi connectivity index (χ2n) is 3.20. The molecule has 0 saturated heterocycles. The number of carbonyl (C=O) groups is 1. The maximum Gasteiger partial charge on any atom is 0.305 e. The highest BCUT2D eigenvalue weighted by atomic mass is 32.2. The van der Waals surface area contributed by atoms with E-state index in [-0.39, 0.29) is 24.9 Å². The SMILES string of the molecule is COC(=O)CC(C)CCOS(C)(=O)=O. The van der Waals surface area contributed by atoms with Crippen molar-refractivity contribution in [3.63, 3.8) is 0 Å². The lowest BCUT2D eigenvalue weighted by Gasteiger charge is -2.08. The fraction of sp³-hybridized carbons (Fsp3) is 0.875. The molecule has 5 nitrogen and oxygen atoms in total. The predicted molar refractivity (Wildman–Crippen MR) is 51.2 cm³/mol. The average molecular weight is 224 g/mol. The molecule has 0 aromatic heterocycles. The number of hydrogen-bond acceptors (Lipinski definition) is 5. The molecule has 0 aliphatic rings. The lowest BCUT2D eigenvalue weighted by Crippen LogP contribution is -2.11. The summed E-state index contributed by atoms with van der Waals surface area (Å²) in [5.41, 5.74) is 0. The minimum absolute atomic E-state index is 0.0594. The van der Waals surface area contributed by atoms with Gasteiger partial charge in [-0.1, -0.05) is 6.92 Å². The summed E-state index contributed by atoms with van der Waals surface area (Å²) in [5.74, 6) is -0.235. The van der Waals surface area contributed by atoms with E-state index in [1.54, 1.807) is 0 Å². The Kier molecular flexibility index (Phi) is 5.71. The summed E-state index contributed by atoms with van der Waals surface area (Å²) in [7, 11) is -2.05. The van der Waals surface area contributed by atoms with Crippen molar-refractivity contribution >= 4 is 16.1 Å². The van der Waals surface area contributed by atoms with Crippen LogP contribution in [-0.4, -0.2) is 34.4 Å². The van der Waals surface area contributed by atoms with Crippen LogP contribution in [-0.2, 0) is 23.8 Å². The first-order chi connectivity index (χ1) is 6.35. The normalized spacial score (nSPS) is 13.6. The summed E-state index contributed by atoms with van der Waals surface area (Å²) in [6, 6.07) is 0. The van der Waals surface area contributed by atoms with Gasteiger partial charge in [-0.05, 0) is 12.3 Å². The molecule has 0 bridgehead atoms. The second-order valence-corrected chi connectivity index (χ2v) is 4.84. The van der Waals surface area contributed by atoms with Crippen LogP contribution in [0.3, 0.4) is 0 Å². The Morgan fingerprint density at radius 2 is 2.00 bits per heavy atom. The van der Waals surface area contributed by atoms with Crippen molar-refractivity contribution in [2.75, 3.05) is 20.0 Å². The zero-order chi connectivity index (χ0) is 11.2. The van der Waals surface area contributed by atoms with Gasteiger partial charge in [0, 0.05) is 6.42 Å². The van der Waals surface area contributed by atoms with Crippen LogP contribution in [0.5, 0.6) is 0 Å². The quantitative estimate of drug-likeness (QED) is 0.487. The monoisotopic (exact) mass is 224 g/mol. The lowest BCUT2D eigenvalue weighted by molar-refractivity contribution is -0.141. The fourth-order valence-electron chi connectivity index (χ4n) is 0.871. The third-order valence-corrected chi connectivity index (χ3v) is 2.25. The summed E-state index contributed by atoms with van der Waals surface area (Å²) >= 11 is 0. The van der Waals surface area contributed by atoms with E-state index in [0.29, 0.717) is 6.42 Å². The standard InChI is InChI=1S/C8H16O5S/c1-7(6-8(9)12-2)4-5-13-14(3,10)11/h7H,4-6H2,1-3H3. The first kappa shape index (κ1) is 13.4. The van der Waals surface area contributed by atoms with Crippen molar-refractivity contribution in [2.45, 2.75) is 19.8 Å². The van der Waals surface area contributed by atoms with Crippen molar-refractivity contribution in [1.29, 1.82) is 0 Å². The first-order valence-corrected chi connectivity index (χ1v) is 6.08. The molecule has 0 aromatic rings. The van der Waals surface area contributed by atoms with Crippen LogP contribution in [0.1, 0.15) is 19.8 Å². The summed E-state index contributed by atoms with van der Waals surface area (Å²) in [4.78, 5) is 10.8. The molecule has 0 N–H and O–H groups in total. The van der Waals surface area contributed by atoms with E-state index < -0.39 is 10.1 Å². The molecular formula is C8H16O5S. The van der Waals surface area contributed by atoms with Gasteiger partial charge in [0.2, 0.25) is 0 Å². The van der Waals surface area contributed by atoms with Gasteiger partial charge in [0.05, 0.1) is 20.0 Å². The number of hydrogen-bond donors (Lipinski definition) is 0. The Morgan fingerprint density at radius 3 is 2.43 bits per heavy atom. The van der Waals surface area contributed by atoms with Gasteiger partial charge in [0.25, 0.3) is 10.1 Å². The summed E-state index contributed by atoms with van der Waals surface area (Å²) in [6.07, 6.45) is 1.80. The summed E-state index contributed by atoms with van der Waals surface area (Å²) in [5, 5.41) is 0. The van der Waals surface area contributed by atoms with Crippen LogP contribution < -0.4 is 0 Å². The Balaban J connectivity index is 3.65. The molecule has 1 unspecified atom stereocenters. The smallest absolute Gasteiger partial charge is 0.305 e. The zero-order valence-corrected chi connectivity index (χ0v) is 9.46. The average Bonchev–Trinajstić information content (AvgIpc) is 2.01. The number of rotatable bonds is 6. The van der Waals surface area contributed by atoms with Crippen LogP contribution in [0.25, 0.3) is 0 Å². The predicted octanol–water partition coefficient (Wildman–Crippen LogP) is 0.552. The highest BCUT2D eigenvalue weighted by Gasteiger charge is 2.10.